The van der Waals surface area contributed by atoms with Crippen molar-refractivity contribution in [1.29, 1.82) is 0 Å². The van der Waals surface area contributed by atoms with Gasteiger partial charge in [0.2, 0.25) is 0 Å². The lowest BCUT2D eigenvalue weighted by Crippen LogP contribution is -2.31. The SMILES string of the molecule is C=C1CC(c2nc3ccccc3[nH]2)N(C(=O)c2ccc(-c3ccccc3)cc2)C1. The van der Waals surface area contributed by atoms with Gasteiger partial charge in [0, 0.05) is 12.1 Å². The van der Waals surface area contributed by atoms with Crippen LogP contribution in [-0.2, 0) is 0 Å². The van der Waals surface area contributed by atoms with E-state index in [-0.39, 0.29) is 11.9 Å². The van der Waals surface area contributed by atoms with Crippen LogP contribution < -0.4 is 0 Å². The fourth-order valence-corrected chi connectivity index (χ4v) is 3.99. The molecule has 0 radical (unpaired) electrons. The van der Waals surface area contributed by atoms with Crippen molar-refractivity contribution in [3.63, 3.8) is 0 Å². The molecule has 1 aliphatic heterocycles. The molecule has 1 N–H and O–H groups in total. The van der Waals surface area contributed by atoms with E-state index < -0.39 is 0 Å². The highest BCUT2D eigenvalue weighted by atomic mass is 16.2. The molecule has 0 aliphatic carbocycles. The summed E-state index contributed by atoms with van der Waals surface area (Å²) in [6.07, 6.45) is 0.730. The van der Waals surface area contributed by atoms with Gasteiger partial charge < -0.3 is 9.88 Å². The molecule has 1 unspecified atom stereocenters. The Morgan fingerprint density at radius 2 is 1.62 bits per heavy atom. The van der Waals surface area contributed by atoms with E-state index in [0.29, 0.717) is 12.1 Å². The topological polar surface area (TPSA) is 49.0 Å². The highest BCUT2D eigenvalue weighted by Crippen LogP contribution is 2.35. The Morgan fingerprint density at radius 1 is 0.931 bits per heavy atom. The molecule has 1 atom stereocenters. The third-order valence-electron chi connectivity index (χ3n) is 5.48. The van der Waals surface area contributed by atoms with Crippen LogP contribution in [0.5, 0.6) is 0 Å². The Bertz CT molecular complexity index is 1160. The first-order valence-electron chi connectivity index (χ1n) is 9.77. The third-order valence-corrected chi connectivity index (χ3v) is 5.48. The maximum absolute atomic E-state index is 13.3. The van der Waals surface area contributed by atoms with Crippen LogP contribution in [0.1, 0.15) is 28.6 Å². The normalized spacial score (nSPS) is 16.5. The van der Waals surface area contributed by atoms with Crippen molar-refractivity contribution in [3.8, 4) is 11.1 Å². The van der Waals surface area contributed by atoms with Crippen molar-refractivity contribution in [2.24, 2.45) is 0 Å². The minimum absolute atomic E-state index is 0.00807. The van der Waals surface area contributed by atoms with Crippen LogP contribution in [0.3, 0.4) is 0 Å². The van der Waals surface area contributed by atoms with Gasteiger partial charge in [-0.15, -0.1) is 0 Å². The lowest BCUT2D eigenvalue weighted by molar-refractivity contribution is 0.0733. The number of aromatic amines is 1. The van der Waals surface area contributed by atoms with Gasteiger partial charge in [-0.2, -0.15) is 0 Å². The molecule has 29 heavy (non-hydrogen) atoms. The number of rotatable bonds is 3. The zero-order valence-corrected chi connectivity index (χ0v) is 16.0. The fourth-order valence-electron chi connectivity index (χ4n) is 3.99. The molecule has 1 saturated heterocycles. The minimum atomic E-state index is -0.115. The third kappa shape index (κ3) is 3.23. The van der Waals surface area contributed by atoms with E-state index in [1.165, 1.54) is 0 Å². The molecule has 5 rings (SSSR count). The summed E-state index contributed by atoms with van der Waals surface area (Å²) in [7, 11) is 0. The van der Waals surface area contributed by atoms with Crippen molar-refractivity contribution in [3.05, 3.63) is 102 Å². The highest BCUT2D eigenvalue weighted by molar-refractivity contribution is 5.95. The zero-order valence-electron chi connectivity index (χ0n) is 16.0. The van der Waals surface area contributed by atoms with Gasteiger partial charge >= 0.3 is 0 Å². The van der Waals surface area contributed by atoms with E-state index in [1.807, 2.05) is 71.6 Å². The molecule has 4 aromatic rings. The first kappa shape index (κ1) is 17.4. The average Bonchev–Trinajstić information content (AvgIpc) is 3.37. The number of carbonyl (C=O) groups excluding carboxylic acids is 1. The van der Waals surface area contributed by atoms with Gasteiger partial charge in [0.25, 0.3) is 5.91 Å². The molecule has 1 fully saturated rings. The molecule has 0 spiro atoms. The fraction of sp³-hybridized carbons (Fsp3) is 0.120. The van der Waals surface area contributed by atoms with Gasteiger partial charge in [0.15, 0.2) is 0 Å². The molecule has 1 aromatic heterocycles. The molecule has 0 bridgehead atoms. The molecule has 4 heteroatoms. The number of amides is 1. The van der Waals surface area contributed by atoms with Crippen molar-refractivity contribution < 1.29 is 4.79 Å². The summed E-state index contributed by atoms with van der Waals surface area (Å²) in [5, 5.41) is 0. The number of fused-ring (bicyclic) bond motifs is 1. The van der Waals surface area contributed by atoms with Crippen LogP contribution in [-0.4, -0.2) is 27.3 Å². The zero-order chi connectivity index (χ0) is 19.8. The van der Waals surface area contributed by atoms with Gasteiger partial charge in [-0.05, 0) is 41.8 Å². The lowest BCUT2D eigenvalue weighted by Gasteiger charge is -2.23. The summed E-state index contributed by atoms with van der Waals surface area (Å²) in [5.74, 6) is 0.827. The lowest BCUT2D eigenvalue weighted by atomic mass is 10.0. The monoisotopic (exact) mass is 379 g/mol. The second-order valence-corrected chi connectivity index (χ2v) is 7.49. The maximum Gasteiger partial charge on any atom is 0.254 e. The number of aromatic nitrogens is 2. The Labute approximate surface area is 169 Å². The molecule has 1 aliphatic rings. The van der Waals surface area contributed by atoms with Gasteiger partial charge in [-0.3, -0.25) is 4.79 Å². The number of carbonyl (C=O) groups is 1. The maximum atomic E-state index is 13.3. The second-order valence-electron chi connectivity index (χ2n) is 7.49. The molecule has 3 aromatic carbocycles. The molecular weight excluding hydrogens is 358 g/mol. The first-order valence-corrected chi connectivity index (χ1v) is 9.77. The van der Waals surface area contributed by atoms with Crippen molar-refractivity contribution in [2.75, 3.05) is 6.54 Å². The van der Waals surface area contributed by atoms with E-state index in [4.69, 9.17) is 4.98 Å². The van der Waals surface area contributed by atoms with Crippen LogP contribution in [0.25, 0.3) is 22.2 Å². The summed E-state index contributed by atoms with van der Waals surface area (Å²) in [6.45, 7) is 4.68. The van der Waals surface area contributed by atoms with E-state index in [1.54, 1.807) is 0 Å². The summed E-state index contributed by atoms with van der Waals surface area (Å²) in [4.78, 5) is 23.3. The van der Waals surface area contributed by atoms with E-state index >= 15 is 0 Å². The Balaban J connectivity index is 1.43. The standard InChI is InChI=1S/C25H21N3O/c1-17-15-23(24-26-21-9-5-6-10-22(21)27-24)28(16-17)25(29)20-13-11-19(12-14-20)18-7-3-2-4-8-18/h2-14,23H,1,15-16H2,(H,26,27). The number of para-hydroxylation sites is 2. The summed E-state index contributed by atoms with van der Waals surface area (Å²) in [6, 6.07) is 25.8. The number of nitrogens with zero attached hydrogens (tertiary/aromatic N) is 2. The number of likely N-dealkylation sites (tertiary alicyclic amines) is 1. The van der Waals surface area contributed by atoms with Crippen LogP contribution in [0.2, 0.25) is 0 Å². The summed E-state index contributed by atoms with van der Waals surface area (Å²) < 4.78 is 0. The molecular formula is C25H21N3O. The van der Waals surface area contributed by atoms with Crippen LogP contribution in [0.4, 0.5) is 0 Å². The predicted molar refractivity (Wildman–Crippen MR) is 116 cm³/mol. The molecule has 142 valence electrons. The Kier molecular flexibility index (Phi) is 4.24. The quantitative estimate of drug-likeness (QED) is 0.486. The minimum Gasteiger partial charge on any atom is -0.340 e. The Hall–Kier alpha value is -3.66. The second kappa shape index (κ2) is 7.06. The number of imidazole rings is 1. The molecule has 0 saturated carbocycles. The number of hydrogen-bond donors (Lipinski definition) is 1. The van der Waals surface area contributed by atoms with Crippen LogP contribution in [0, 0.1) is 0 Å². The summed E-state index contributed by atoms with van der Waals surface area (Å²) in [5.41, 5.74) is 5.87. The number of nitrogens with one attached hydrogen (secondary N) is 1. The smallest absolute Gasteiger partial charge is 0.254 e. The van der Waals surface area contributed by atoms with Crippen molar-refractivity contribution in [1.82, 2.24) is 14.9 Å². The first-order chi connectivity index (χ1) is 14.2. The van der Waals surface area contributed by atoms with Gasteiger partial charge in [-0.1, -0.05) is 66.7 Å². The van der Waals surface area contributed by atoms with Gasteiger partial charge in [0.05, 0.1) is 17.1 Å². The highest BCUT2D eigenvalue weighted by Gasteiger charge is 2.34. The van der Waals surface area contributed by atoms with Gasteiger partial charge in [0.1, 0.15) is 5.82 Å². The predicted octanol–water partition coefficient (Wildman–Crippen LogP) is 5.37. The van der Waals surface area contributed by atoms with Crippen LogP contribution >= 0.6 is 0 Å². The largest absolute Gasteiger partial charge is 0.340 e. The van der Waals surface area contributed by atoms with Gasteiger partial charge in [-0.25, -0.2) is 4.98 Å². The number of H-pyrrole nitrogens is 1. The van der Waals surface area contributed by atoms with E-state index in [9.17, 15) is 4.79 Å². The van der Waals surface area contributed by atoms with E-state index in [2.05, 4.69) is 23.7 Å². The van der Waals surface area contributed by atoms with Crippen LogP contribution in [0.15, 0.2) is 91.0 Å². The Morgan fingerprint density at radius 3 is 2.38 bits per heavy atom. The molecule has 2 heterocycles. The molecule has 1 amide bonds. The average molecular weight is 379 g/mol. The van der Waals surface area contributed by atoms with E-state index in [0.717, 1.165) is 40.0 Å². The van der Waals surface area contributed by atoms with Crippen molar-refractivity contribution in [2.45, 2.75) is 12.5 Å². The van der Waals surface area contributed by atoms with Crippen molar-refractivity contribution >= 4 is 16.9 Å². The summed E-state index contributed by atoms with van der Waals surface area (Å²) >= 11 is 0. The number of benzene rings is 3. The molecule has 4 nitrogen and oxygen atoms in total. The number of hydrogen-bond acceptors (Lipinski definition) is 2.